The zero-order valence-electron chi connectivity index (χ0n) is 24.0. The van der Waals surface area contributed by atoms with Gasteiger partial charge < -0.3 is 19.7 Å². The summed E-state index contributed by atoms with van der Waals surface area (Å²) in [5.74, 6) is 0.183. The summed E-state index contributed by atoms with van der Waals surface area (Å²) in [6, 6.07) is 18.7. The average Bonchev–Trinajstić information content (AvgIpc) is 3.52. The van der Waals surface area contributed by atoms with Gasteiger partial charge in [-0.3, -0.25) is 13.9 Å². The highest BCUT2D eigenvalue weighted by molar-refractivity contribution is 7.92. The van der Waals surface area contributed by atoms with Gasteiger partial charge in [-0.15, -0.1) is 0 Å². The molecule has 0 spiro atoms. The van der Waals surface area contributed by atoms with Crippen LogP contribution in [0.4, 0.5) is 5.69 Å². The summed E-state index contributed by atoms with van der Waals surface area (Å²) in [5, 5.41) is 3.25. The Balaban J connectivity index is 1.70. The van der Waals surface area contributed by atoms with E-state index in [1.165, 1.54) is 36.3 Å². The van der Waals surface area contributed by atoms with Gasteiger partial charge in [-0.1, -0.05) is 54.8 Å². The molecule has 3 aromatic rings. The standard InChI is InChI=1S/C31H36ClN3O6S/c1-22(31(37)33-24-9-7-8-10-24)34(20-23-13-16-26(40-2)17-14-23)30(36)21-35(25-15-18-29(41-3)28(32)19-25)42(38,39)27-11-5-4-6-12-27/h4-6,11-19,22,24H,7-10,20-21H2,1-3H3,(H,33,37)/t22-/m1/s1. The highest BCUT2D eigenvalue weighted by Gasteiger charge is 2.33. The number of hydrogen-bond acceptors (Lipinski definition) is 6. The first-order valence-electron chi connectivity index (χ1n) is 13.8. The predicted molar refractivity (Wildman–Crippen MR) is 162 cm³/mol. The summed E-state index contributed by atoms with van der Waals surface area (Å²) < 4.78 is 39.3. The van der Waals surface area contributed by atoms with Crippen molar-refractivity contribution in [3.8, 4) is 11.5 Å². The minimum Gasteiger partial charge on any atom is -0.497 e. The highest BCUT2D eigenvalue weighted by atomic mass is 35.5. The number of anilines is 1. The summed E-state index contributed by atoms with van der Waals surface area (Å²) in [7, 11) is -1.18. The molecule has 1 saturated carbocycles. The van der Waals surface area contributed by atoms with Crippen molar-refractivity contribution in [2.45, 2.75) is 56.1 Å². The van der Waals surface area contributed by atoms with Crippen molar-refractivity contribution < 1.29 is 27.5 Å². The molecule has 11 heteroatoms. The molecule has 1 N–H and O–H groups in total. The number of carbonyl (C=O) groups is 2. The molecular formula is C31H36ClN3O6S. The van der Waals surface area contributed by atoms with E-state index in [-0.39, 0.29) is 34.1 Å². The van der Waals surface area contributed by atoms with Gasteiger partial charge in [-0.05, 0) is 67.8 Å². The molecule has 0 aliphatic heterocycles. The van der Waals surface area contributed by atoms with E-state index in [9.17, 15) is 18.0 Å². The highest BCUT2D eigenvalue weighted by Crippen LogP contribution is 2.32. The van der Waals surface area contributed by atoms with Crippen molar-refractivity contribution in [3.63, 3.8) is 0 Å². The van der Waals surface area contributed by atoms with Gasteiger partial charge in [-0.2, -0.15) is 0 Å². The Kier molecular flexibility index (Phi) is 10.3. The minimum absolute atomic E-state index is 0.0125. The largest absolute Gasteiger partial charge is 0.497 e. The number of nitrogens with zero attached hydrogens (tertiary/aromatic N) is 2. The van der Waals surface area contributed by atoms with E-state index in [2.05, 4.69) is 5.32 Å². The zero-order valence-corrected chi connectivity index (χ0v) is 25.5. The van der Waals surface area contributed by atoms with E-state index in [4.69, 9.17) is 21.1 Å². The minimum atomic E-state index is -4.20. The second kappa shape index (κ2) is 13.9. The van der Waals surface area contributed by atoms with Crippen LogP contribution in [0.5, 0.6) is 11.5 Å². The Hall–Kier alpha value is -3.76. The summed E-state index contributed by atoms with van der Waals surface area (Å²) >= 11 is 6.37. The van der Waals surface area contributed by atoms with Crippen LogP contribution in [0.2, 0.25) is 5.02 Å². The molecule has 2 amide bonds. The van der Waals surface area contributed by atoms with E-state index in [0.717, 1.165) is 35.6 Å². The van der Waals surface area contributed by atoms with Crippen molar-refractivity contribution in [2.24, 2.45) is 0 Å². The maximum atomic E-state index is 14.1. The fourth-order valence-corrected chi connectivity index (χ4v) is 6.64. The molecule has 9 nitrogen and oxygen atoms in total. The third kappa shape index (κ3) is 7.35. The number of amides is 2. The van der Waals surface area contributed by atoms with Crippen LogP contribution in [0, 0.1) is 0 Å². The fraction of sp³-hybridized carbons (Fsp3) is 0.355. The Bertz CT molecular complexity index is 1480. The van der Waals surface area contributed by atoms with E-state index in [1.807, 2.05) is 12.1 Å². The normalized spacial score (nSPS) is 14.2. The van der Waals surface area contributed by atoms with Gasteiger partial charge in [0.1, 0.15) is 24.1 Å². The lowest BCUT2D eigenvalue weighted by atomic mass is 10.1. The number of halogens is 1. The SMILES string of the molecule is COc1ccc(CN(C(=O)CN(c2ccc(OC)c(Cl)c2)S(=O)(=O)c2ccccc2)[C@H](C)C(=O)NC2CCCC2)cc1. The summed E-state index contributed by atoms with van der Waals surface area (Å²) in [6.07, 6.45) is 3.88. The van der Waals surface area contributed by atoms with Gasteiger partial charge >= 0.3 is 0 Å². The first-order valence-corrected chi connectivity index (χ1v) is 15.6. The molecular weight excluding hydrogens is 578 g/mol. The number of carbonyl (C=O) groups excluding carboxylic acids is 2. The molecule has 0 unspecified atom stereocenters. The maximum Gasteiger partial charge on any atom is 0.264 e. The van der Waals surface area contributed by atoms with Crippen molar-refractivity contribution in [1.82, 2.24) is 10.2 Å². The lowest BCUT2D eigenvalue weighted by Crippen LogP contribution is -2.52. The first kappa shape index (κ1) is 31.2. The molecule has 0 heterocycles. The number of sulfonamides is 1. The van der Waals surface area contributed by atoms with E-state index in [1.54, 1.807) is 50.4 Å². The van der Waals surface area contributed by atoms with Crippen molar-refractivity contribution >= 4 is 39.1 Å². The summed E-state index contributed by atoms with van der Waals surface area (Å²) in [6.45, 7) is 1.19. The monoisotopic (exact) mass is 613 g/mol. The first-order chi connectivity index (χ1) is 20.1. The lowest BCUT2D eigenvalue weighted by molar-refractivity contribution is -0.139. The number of benzene rings is 3. The van der Waals surface area contributed by atoms with Crippen LogP contribution in [-0.4, -0.2) is 58.0 Å². The second-order valence-corrected chi connectivity index (χ2v) is 12.4. The van der Waals surface area contributed by atoms with Crippen LogP contribution in [-0.2, 0) is 26.2 Å². The molecule has 224 valence electrons. The smallest absolute Gasteiger partial charge is 0.264 e. The molecule has 0 saturated heterocycles. The molecule has 1 aliphatic rings. The summed E-state index contributed by atoms with van der Waals surface area (Å²) in [4.78, 5) is 28.8. The van der Waals surface area contributed by atoms with Crippen LogP contribution in [0.3, 0.4) is 0 Å². The van der Waals surface area contributed by atoms with Crippen LogP contribution in [0.25, 0.3) is 0 Å². The quantitative estimate of drug-likeness (QED) is 0.307. The van der Waals surface area contributed by atoms with Gasteiger partial charge in [-0.25, -0.2) is 8.42 Å². The number of rotatable bonds is 12. The molecule has 1 aliphatic carbocycles. The molecule has 4 rings (SSSR count). The van der Waals surface area contributed by atoms with E-state index in [0.29, 0.717) is 11.5 Å². The van der Waals surface area contributed by atoms with Gasteiger partial charge in [0, 0.05) is 12.6 Å². The lowest BCUT2D eigenvalue weighted by Gasteiger charge is -2.32. The van der Waals surface area contributed by atoms with Gasteiger partial charge in [0.25, 0.3) is 10.0 Å². The Labute approximate surface area is 252 Å². The van der Waals surface area contributed by atoms with Gasteiger partial charge in [0.05, 0.1) is 29.8 Å². The maximum absolute atomic E-state index is 14.1. The third-order valence-corrected chi connectivity index (χ3v) is 9.50. The van der Waals surface area contributed by atoms with E-state index < -0.39 is 28.5 Å². The predicted octanol–water partition coefficient (Wildman–Crippen LogP) is 5.03. The molecule has 0 radical (unpaired) electrons. The van der Waals surface area contributed by atoms with Crippen LogP contribution in [0.1, 0.15) is 38.2 Å². The molecule has 0 bridgehead atoms. The topological polar surface area (TPSA) is 105 Å². The van der Waals surface area contributed by atoms with Crippen molar-refractivity contribution in [3.05, 3.63) is 83.4 Å². The van der Waals surface area contributed by atoms with Crippen LogP contribution >= 0.6 is 11.6 Å². The number of hydrogen-bond donors (Lipinski definition) is 1. The molecule has 42 heavy (non-hydrogen) atoms. The Morgan fingerprint density at radius 1 is 0.976 bits per heavy atom. The summed E-state index contributed by atoms with van der Waals surface area (Å²) in [5.41, 5.74) is 0.945. The van der Waals surface area contributed by atoms with Gasteiger partial charge in [0.2, 0.25) is 11.8 Å². The molecule has 3 aromatic carbocycles. The molecule has 0 aromatic heterocycles. The van der Waals surface area contributed by atoms with Crippen molar-refractivity contribution in [2.75, 3.05) is 25.1 Å². The molecule has 1 fully saturated rings. The zero-order chi connectivity index (χ0) is 30.3. The van der Waals surface area contributed by atoms with E-state index >= 15 is 0 Å². The van der Waals surface area contributed by atoms with Crippen molar-refractivity contribution in [1.29, 1.82) is 0 Å². The Morgan fingerprint density at radius 3 is 2.24 bits per heavy atom. The van der Waals surface area contributed by atoms with Crippen LogP contribution in [0.15, 0.2) is 77.7 Å². The third-order valence-electron chi connectivity index (χ3n) is 7.41. The second-order valence-electron chi connectivity index (χ2n) is 10.2. The fourth-order valence-electron chi connectivity index (χ4n) is 4.96. The van der Waals surface area contributed by atoms with Crippen LogP contribution < -0.4 is 19.1 Å². The number of ether oxygens (including phenoxy) is 2. The molecule has 1 atom stereocenters. The average molecular weight is 614 g/mol. The number of nitrogens with one attached hydrogen (secondary N) is 1. The van der Waals surface area contributed by atoms with Gasteiger partial charge in [0.15, 0.2) is 0 Å². The Morgan fingerprint density at radius 2 is 1.64 bits per heavy atom. The number of methoxy groups -OCH3 is 2.